The molecule has 2 aliphatic heterocycles. The SMILES string of the molecule is O=C1NCCCCCCCCCCCCCCCCCC[NH2+]Cc2ccc1cc2. The lowest BCUT2D eigenvalue weighted by Gasteiger charge is -2.07. The molecule has 0 aliphatic carbocycles. The van der Waals surface area contributed by atoms with Gasteiger partial charge >= 0.3 is 0 Å². The Labute approximate surface area is 179 Å². The van der Waals surface area contributed by atoms with Gasteiger partial charge in [-0.2, -0.15) is 0 Å². The van der Waals surface area contributed by atoms with Crippen LogP contribution in [0.1, 0.15) is 119 Å². The van der Waals surface area contributed by atoms with Crippen molar-refractivity contribution in [2.24, 2.45) is 0 Å². The van der Waals surface area contributed by atoms with Crippen LogP contribution in [0.4, 0.5) is 0 Å². The first-order valence-corrected chi connectivity index (χ1v) is 12.5. The summed E-state index contributed by atoms with van der Waals surface area (Å²) in [5.41, 5.74) is 2.10. The zero-order chi connectivity index (χ0) is 20.4. The van der Waals surface area contributed by atoms with Gasteiger partial charge in [0.05, 0.1) is 6.54 Å². The highest BCUT2D eigenvalue weighted by Gasteiger charge is 2.05. The number of quaternary nitrogens is 1. The molecule has 1 aromatic rings. The summed E-state index contributed by atoms with van der Waals surface area (Å²) in [6.45, 7) is 3.03. The molecule has 2 bridgehead atoms. The van der Waals surface area contributed by atoms with Crippen molar-refractivity contribution in [2.45, 2.75) is 109 Å². The Morgan fingerprint density at radius 2 is 1.03 bits per heavy atom. The molecular formula is C26H45N2O+. The van der Waals surface area contributed by atoms with E-state index in [1.54, 1.807) is 0 Å². The van der Waals surface area contributed by atoms with E-state index in [1.165, 1.54) is 108 Å². The van der Waals surface area contributed by atoms with Crippen molar-refractivity contribution in [3.8, 4) is 0 Å². The Kier molecular flexibility index (Phi) is 13.6. The summed E-state index contributed by atoms with van der Waals surface area (Å²) in [5.74, 6) is 0.0713. The van der Waals surface area contributed by atoms with Crippen LogP contribution in [0.3, 0.4) is 0 Å². The number of carbonyl (C=O) groups excluding carboxylic acids is 1. The van der Waals surface area contributed by atoms with Crippen molar-refractivity contribution in [1.29, 1.82) is 0 Å². The Balaban J connectivity index is 1.69. The number of amides is 1. The number of nitrogens with two attached hydrogens (primary N) is 1. The second-order valence-electron chi connectivity index (χ2n) is 8.89. The molecule has 0 saturated carbocycles. The summed E-state index contributed by atoms with van der Waals surface area (Å²) in [6, 6.07) is 8.16. The van der Waals surface area contributed by atoms with Gasteiger partial charge in [0.25, 0.3) is 5.91 Å². The smallest absolute Gasteiger partial charge is 0.251 e. The second-order valence-corrected chi connectivity index (χ2v) is 8.89. The summed E-state index contributed by atoms with van der Waals surface area (Å²) in [7, 11) is 0. The van der Waals surface area contributed by atoms with Crippen molar-refractivity contribution >= 4 is 5.91 Å². The maximum atomic E-state index is 12.3. The Hall–Kier alpha value is -1.35. The molecule has 2 heterocycles. The Morgan fingerprint density at radius 3 is 1.55 bits per heavy atom. The molecule has 164 valence electrons. The maximum Gasteiger partial charge on any atom is 0.251 e. The first-order chi connectivity index (χ1) is 14.4. The van der Waals surface area contributed by atoms with E-state index < -0.39 is 0 Å². The quantitative estimate of drug-likeness (QED) is 0.572. The zero-order valence-corrected chi connectivity index (χ0v) is 18.7. The van der Waals surface area contributed by atoms with Gasteiger partial charge < -0.3 is 10.6 Å². The number of nitrogens with one attached hydrogen (secondary N) is 1. The van der Waals surface area contributed by atoms with Gasteiger partial charge in [-0.3, -0.25) is 4.79 Å². The van der Waals surface area contributed by atoms with Crippen molar-refractivity contribution in [1.82, 2.24) is 5.32 Å². The molecule has 0 atom stereocenters. The predicted octanol–water partition coefficient (Wildman–Crippen LogP) is 5.74. The minimum atomic E-state index is 0.0713. The van der Waals surface area contributed by atoms with Crippen molar-refractivity contribution in [2.75, 3.05) is 13.1 Å². The maximum absolute atomic E-state index is 12.3. The topological polar surface area (TPSA) is 45.7 Å². The van der Waals surface area contributed by atoms with Crippen molar-refractivity contribution in [3.63, 3.8) is 0 Å². The fourth-order valence-electron chi connectivity index (χ4n) is 4.25. The minimum absolute atomic E-state index is 0.0713. The van der Waals surface area contributed by atoms with E-state index >= 15 is 0 Å². The van der Waals surface area contributed by atoms with Gasteiger partial charge in [-0.25, -0.2) is 0 Å². The fourth-order valence-corrected chi connectivity index (χ4v) is 4.25. The van der Waals surface area contributed by atoms with Crippen LogP contribution in [0.2, 0.25) is 0 Å². The third-order valence-electron chi connectivity index (χ3n) is 6.22. The minimum Gasteiger partial charge on any atom is -0.352 e. The Morgan fingerprint density at radius 1 is 0.586 bits per heavy atom. The molecule has 0 spiro atoms. The molecule has 3 N–H and O–H groups in total. The molecule has 0 unspecified atom stereocenters. The summed E-state index contributed by atoms with van der Waals surface area (Å²) < 4.78 is 0. The molecule has 0 aromatic heterocycles. The number of benzene rings is 1. The number of rotatable bonds is 0. The standard InChI is InChI=1S/C26H44N2O/c29-26-25-19-17-24(18-20-25)23-27-21-15-13-11-9-7-5-3-1-2-4-6-8-10-12-14-16-22-28-26/h17-20,27H,1-16,21-23H2,(H,28,29)/p+1. The summed E-state index contributed by atoms with van der Waals surface area (Å²) in [4.78, 5) is 12.3. The average Bonchev–Trinajstić information content (AvgIpc) is 2.74. The second kappa shape index (κ2) is 16.4. The molecule has 3 nitrogen and oxygen atoms in total. The molecule has 2 aliphatic rings. The van der Waals surface area contributed by atoms with Gasteiger partial charge in [0.1, 0.15) is 6.54 Å². The van der Waals surface area contributed by atoms with Crippen molar-refractivity contribution in [3.05, 3.63) is 35.4 Å². The van der Waals surface area contributed by atoms with Crippen LogP contribution in [0.25, 0.3) is 0 Å². The van der Waals surface area contributed by atoms with Gasteiger partial charge in [-0.05, 0) is 31.4 Å². The van der Waals surface area contributed by atoms with Gasteiger partial charge in [0, 0.05) is 17.7 Å². The molecule has 1 aromatic carbocycles. The van der Waals surface area contributed by atoms with Crippen molar-refractivity contribution < 1.29 is 10.1 Å². The van der Waals surface area contributed by atoms with E-state index in [0.29, 0.717) is 0 Å². The number of fused-ring (bicyclic) bond motifs is 23. The van der Waals surface area contributed by atoms with E-state index in [9.17, 15) is 4.79 Å². The summed E-state index contributed by atoms with van der Waals surface area (Å²) in [6.07, 6.45) is 21.9. The monoisotopic (exact) mass is 401 g/mol. The molecule has 29 heavy (non-hydrogen) atoms. The van der Waals surface area contributed by atoms with E-state index in [4.69, 9.17) is 0 Å². The summed E-state index contributed by atoms with van der Waals surface area (Å²) >= 11 is 0. The van der Waals surface area contributed by atoms with Crippen LogP contribution in [0.15, 0.2) is 24.3 Å². The van der Waals surface area contributed by atoms with Gasteiger partial charge in [0.2, 0.25) is 0 Å². The van der Waals surface area contributed by atoms with Crippen LogP contribution in [-0.4, -0.2) is 19.0 Å². The summed E-state index contributed by atoms with van der Waals surface area (Å²) in [5, 5.41) is 5.48. The molecule has 3 heteroatoms. The lowest BCUT2D eigenvalue weighted by Crippen LogP contribution is -2.82. The molecule has 0 saturated heterocycles. The number of hydrogen-bond donors (Lipinski definition) is 2. The fraction of sp³-hybridized carbons (Fsp3) is 0.731. The third kappa shape index (κ3) is 12.1. The van der Waals surface area contributed by atoms with Crippen LogP contribution in [0, 0.1) is 0 Å². The zero-order valence-electron chi connectivity index (χ0n) is 18.7. The largest absolute Gasteiger partial charge is 0.352 e. The van der Waals surface area contributed by atoms with Gasteiger partial charge in [-0.1, -0.05) is 95.6 Å². The normalized spacial score (nSPS) is 20.8. The highest BCUT2D eigenvalue weighted by Crippen LogP contribution is 2.13. The van der Waals surface area contributed by atoms with Gasteiger partial charge in [0.15, 0.2) is 0 Å². The van der Waals surface area contributed by atoms with Gasteiger partial charge in [-0.15, -0.1) is 0 Å². The molecular weight excluding hydrogens is 356 g/mol. The Bertz CT molecular complexity index is 526. The van der Waals surface area contributed by atoms with E-state index in [0.717, 1.165) is 25.1 Å². The molecule has 0 radical (unpaired) electrons. The highest BCUT2D eigenvalue weighted by atomic mass is 16.1. The van der Waals surface area contributed by atoms with E-state index in [2.05, 4.69) is 22.8 Å². The van der Waals surface area contributed by atoms with E-state index in [1.807, 2.05) is 12.1 Å². The van der Waals surface area contributed by atoms with Crippen LogP contribution in [0.5, 0.6) is 0 Å². The van der Waals surface area contributed by atoms with Crippen LogP contribution >= 0.6 is 0 Å². The first-order valence-electron chi connectivity index (χ1n) is 12.5. The number of hydrogen-bond acceptors (Lipinski definition) is 1. The third-order valence-corrected chi connectivity index (χ3v) is 6.22. The number of carbonyl (C=O) groups is 1. The van der Waals surface area contributed by atoms with Crippen LogP contribution in [-0.2, 0) is 6.54 Å². The average molecular weight is 402 g/mol. The van der Waals surface area contributed by atoms with E-state index in [-0.39, 0.29) is 5.91 Å². The molecule has 1 amide bonds. The lowest BCUT2D eigenvalue weighted by atomic mass is 10.0. The molecule has 0 fully saturated rings. The highest BCUT2D eigenvalue weighted by molar-refractivity contribution is 5.94. The first kappa shape index (κ1) is 23.9. The predicted molar refractivity (Wildman–Crippen MR) is 123 cm³/mol. The van der Waals surface area contributed by atoms with Crippen LogP contribution < -0.4 is 10.6 Å². The lowest BCUT2D eigenvalue weighted by molar-refractivity contribution is -0.671. The molecule has 3 rings (SSSR count).